The first-order valence-electron chi connectivity index (χ1n) is 3.39. The third-order valence-electron chi connectivity index (χ3n) is 1.47. The summed E-state index contributed by atoms with van der Waals surface area (Å²) in [5.41, 5.74) is 1.96. The largest absolute Gasteiger partial charge is 0.282 e. The van der Waals surface area contributed by atoms with Crippen molar-refractivity contribution in [2.45, 2.75) is 6.92 Å². The smallest absolute Gasteiger partial charge is 0.219 e. The number of thioether (sulfide) groups is 1. The Balaban J connectivity index is 2.90. The Morgan fingerprint density at radius 3 is 2.27 bits per heavy atom. The zero-order valence-corrected chi connectivity index (χ0v) is 7.44. The van der Waals surface area contributed by atoms with Crippen LogP contribution < -0.4 is 0 Å². The molecule has 0 N–H and O–H groups in total. The van der Waals surface area contributed by atoms with Crippen LogP contribution in [0, 0.1) is 6.92 Å². The SMILES string of the molecule is CSC(=O)c1ccc(C)cc1. The first-order chi connectivity index (χ1) is 5.24. The minimum atomic E-state index is 0.130. The molecule has 0 unspecified atom stereocenters. The Hall–Kier alpha value is -0.760. The van der Waals surface area contributed by atoms with Gasteiger partial charge in [-0.05, 0) is 13.2 Å². The van der Waals surface area contributed by atoms with E-state index in [1.807, 2.05) is 31.2 Å². The Kier molecular flexibility index (Phi) is 2.71. The molecular formula is C9H10OS. The zero-order chi connectivity index (χ0) is 8.27. The van der Waals surface area contributed by atoms with Crippen molar-refractivity contribution >= 4 is 16.9 Å². The van der Waals surface area contributed by atoms with Gasteiger partial charge in [-0.15, -0.1) is 0 Å². The van der Waals surface area contributed by atoms with Gasteiger partial charge in [0.15, 0.2) is 0 Å². The molecule has 11 heavy (non-hydrogen) atoms. The van der Waals surface area contributed by atoms with E-state index in [4.69, 9.17) is 0 Å². The van der Waals surface area contributed by atoms with Crippen molar-refractivity contribution in [3.63, 3.8) is 0 Å². The molecule has 0 bridgehead atoms. The molecule has 0 aliphatic carbocycles. The number of benzene rings is 1. The first-order valence-corrected chi connectivity index (χ1v) is 4.61. The van der Waals surface area contributed by atoms with E-state index in [2.05, 4.69) is 0 Å². The molecule has 1 aromatic carbocycles. The van der Waals surface area contributed by atoms with Crippen molar-refractivity contribution in [2.75, 3.05) is 6.26 Å². The van der Waals surface area contributed by atoms with Crippen LogP contribution in [0.4, 0.5) is 0 Å². The topological polar surface area (TPSA) is 17.1 Å². The fourth-order valence-electron chi connectivity index (χ4n) is 0.807. The summed E-state index contributed by atoms with van der Waals surface area (Å²) in [6.07, 6.45) is 1.79. The van der Waals surface area contributed by atoms with Crippen LogP contribution in [0.2, 0.25) is 0 Å². The standard InChI is InChI=1S/C9H10OS/c1-7-3-5-8(6-4-7)9(10)11-2/h3-6H,1-2H3. The Bertz CT molecular complexity index is 251. The molecule has 0 atom stereocenters. The number of carbonyl (C=O) groups is 1. The van der Waals surface area contributed by atoms with Crippen molar-refractivity contribution < 1.29 is 4.79 Å². The van der Waals surface area contributed by atoms with E-state index in [1.165, 1.54) is 17.3 Å². The Morgan fingerprint density at radius 1 is 1.27 bits per heavy atom. The number of aryl methyl sites for hydroxylation is 1. The summed E-state index contributed by atoms with van der Waals surface area (Å²) in [6.45, 7) is 2.01. The van der Waals surface area contributed by atoms with Gasteiger partial charge >= 0.3 is 0 Å². The van der Waals surface area contributed by atoms with Crippen molar-refractivity contribution in [3.05, 3.63) is 35.4 Å². The van der Waals surface area contributed by atoms with Crippen LogP contribution in [0.5, 0.6) is 0 Å². The van der Waals surface area contributed by atoms with Crippen LogP contribution in [-0.4, -0.2) is 11.4 Å². The van der Waals surface area contributed by atoms with Gasteiger partial charge in [0.05, 0.1) is 0 Å². The molecule has 2 heteroatoms. The van der Waals surface area contributed by atoms with Gasteiger partial charge in [0, 0.05) is 5.56 Å². The Morgan fingerprint density at radius 2 is 1.82 bits per heavy atom. The van der Waals surface area contributed by atoms with E-state index >= 15 is 0 Å². The number of carbonyl (C=O) groups excluding carboxylic acids is 1. The minimum absolute atomic E-state index is 0.130. The summed E-state index contributed by atoms with van der Waals surface area (Å²) in [5, 5.41) is 0.130. The summed E-state index contributed by atoms with van der Waals surface area (Å²) in [7, 11) is 0. The molecule has 1 nitrogen and oxygen atoms in total. The van der Waals surface area contributed by atoms with E-state index in [1.54, 1.807) is 6.26 Å². The lowest BCUT2D eigenvalue weighted by atomic mass is 10.2. The average Bonchev–Trinajstić information content (AvgIpc) is 2.05. The molecule has 0 radical (unpaired) electrons. The zero-order valence-electron chi connectivity index (χ0n) is 6.63. The highest BCUT2D eigenvalue weighted by Gasteiger charge is 2.00. The quantitative estimate of drug-likeness (QED) is 0.637. The van der Waals surface area contributed by atoms with E-state index < -0.39 is 0 Å². The summed E-state index contributed by atoms with van der Waals surface area (Å²) < 4.78 is 0. The predicted octanol–water partition coefficient (Wildman–Crippen LogP) is 2.50. The molecule has 58 valence electrons. The van der Waals surface area contributed by atoms with E-state index in [9.17, 15) is 4.79 Å². The first kappa shape index (κ1) is 8.34. The maximum absolute atomic E-state index is 11.1. The summed E-state index contributed by atoms with van der Waals surface area (Å²) in [6, 6.07) is 7.61. The lowest BCUT2D eigenvalue weighted by Gasteiger charge is -1.96. The molecule has 1 rings (SSSR count). The van der Waals surface area contributed by atoms with Gasteiger partial charge in [-0.25, -0.2) is 0 Å². The number of hydrogen-bond donors (Lipinski definition) is 0. The second kappa shape index (κ2) is 3.58. The van der Waals surface area contributed by atoms with Gasteiger partial charge in [0.25, 0.3) is 0 Å². The number of rotatable bonds is 1. The van der Waals surface area contributed by atoms with Gasteiger partial charge in [-0.1, -0.05) is 41.6 Å². The van der Waals surface area contributed by atoms with Crippen LogP contribution in [0.3, 0.4) is 0 Å². The van der Waals surface area contributed by atoms with E-state index in [0.717, 1.165) is 5.56 Å². The monoisotopic (exact) mass is 166 g/mol. The van der Waals surface area contributed by atoms with Gasteiger partial charge in [-0.2, -0.15) is 0 Å². The molecular weight excluding hydrogens is 156 g/mol. The van der Waals surface area contributed by atoms with Crippen LogP contribution in [0.15, 0.2) is 24.3 Å². The molecule has 0 heterocycles. The van der Waals surface area contributed by atoms with Crippen molar-refractivity contribution in [3.8, 4) is 0 Å². The maximum atomic E-state index is 11.1. The summed E-state index contributed by atoms with van der Waals surface area (Å²) in [5.74, 6) is 0. The van der Waals surface area contributed by atoms with Crippen molar-refractivity contribution in [2.24, 2.45) is 0 Å². The van der Waals surface area contributed by atoms with Crippen LogP contribution >= 0.6 is 11.8 Å². The molecule has 1 aromatic rings. The van der Waals surface area contributed by atoms with E-state index in [0.29, 0.717) is 0 Å². The molecule has 0 amide bonds. The second-order valence-electron chi connectivity index (χ2n) is 2.36. The van der Waals surface area contributed by atoms with E-state index in [-0.39, 0.29) is 5.12 Å². The fraction of sp³-hybridized carbons (Fsp3) is 0.222. The Labute approximate surface area is 70.8 Å². The lowest BCUT2D eigenvalue weighted by Crippen LogP contribution is -1.90. The highest BCUT2D eigenvalue weighted by molar-refractivity contribution is 8.13. The van der Waals surface area contributed by atoms with Crippen molar-refractivity contribution in [1.82, 2.24) is 0 Å². The maximum Gasteiger partial charge on any atom is 0.219 e. The number of hydrogen-bond acceptors (Lipinski definition) is 2. The molecule has 0 saturated heterocycles. The van der Waals surface area contributed by atoms with Gasteiger partial charge in [0.2, 0.25) is 5.12 Å². The average molecular weight is 166 g/mol. The second-order valence-corrected chi connectivity index (χ2v) is 3.14. The van der Waals surface area contributed by atoms with Crippen molar-refractivity contribution in [1.29, 1.82) is 0 Å². The third kappa shape index (κ3) is 2.09. The molecule has 0 fully saturated rings. The lowest BCUT2D eigenvalue weighted by molar-refractivity contribution is 0.108. The highest BCUT2D eigenvalue weighted by atomic mass is 32.2. The molecule has 0 spiro atoms. The fourth-order valence-corrected chi connectivity index (χ4v) is 1.18. The normalized spacial score (nSPS) is 9.64. The molecule has 0 saturated carbocycles. The molecule has 0 aromatic heterocycles. The van der Waals surface area contributed by atoms with Gasteiger partial charge in [0.1, 0.15) is 0 Å². The molecule has 0 aliphatic rings. The predicted molar refractivity (Wildman–Crippen MR) is 49.0 cm³/mol. The minimum Gasteiger partial charge on any atom is -0.282 e. The van der Waals surface area contributed by atoms with Gasteiger partial charge < -0.3 is 0 Å². The van der Waals surface area contributed by atoms with Gasteiger partial charge in [-0.3, -0.25) is 4.79 Å². The van der Waals surface area contributed by atoms with Crippen LogP contribution in [-0.2, 0) is 0 Å². The van der Waals surface area contributed by atoms with Crippen LogP contribution in [0.1, 0.15) is 15.9 Å². The molecule has 0 aliphatic heterocycles. The highest BCUT2D eigenvalue weighted by Crippen LogP contribution is 2.09. The summed E-state index contributed by atoms with van der Waals surface area (Å²) >= 11 is 1.24. The van der Waals surface area contributed by atoms with Crippen LogP contribution in [0.25, 0.3) is 0 Å². The third-order valence-corrected chi connectivity index (χ3v) is 2.08. The summed E-state index contributed by atoms with van der Waals surface area (Å²) in [4.78, 5) is 11.1.